The summed E-state index contributed by atoms with van der Waals surface area (Å²) in [6.07, 6.45) is 2.44. The van der Waals surface area contributed by atoms with E-state index in [0.29, 0.717) is 37.1 Å². The number of carbonyl (C=O) groups excluding carboxylic acids is 4. The van der Waals surface area contributed by atoms with Crippen LogP contribution in [0.25, 0.3) is 10.2 Å². The molecule has 0 saturated carbocycles. The van der Waals surface area contributed by atoms with Crippen molar-refractivity contribution in [1.29, 1.82) is 0 Å². The van der Waals surface area contributed by atoms with E-state index in [-0.39, 0.29) is 103 Å². The van der Waals surface area contributed by atoms with Crippen LogP contribution in [0, 0.1) is 0 Å². The highest BCUT2D eigenvalue weighted by Gasteiger charge is 2.31. The number of aliphatic imine (C=N–C) groups is 1. The smallest absolute Gasteiger partial charge is 0.243 e. The number of thiazole rings is 1. The predicted octanol–water partition coefficient (Wildman–Crippen LogP) is 2.81. The number of carbonyl (C=O) groups is 4. The number of fused-ring (bicyclic) bond motifs is 15. The first-order valence-electron chi connectivity index (χ1n) is 17.0. The fourth-order valence-corrected chi connectivity index (χ4v) is 6.72. The molecule has 0 unspecified atom stereocenters. The fourth-order valence-electron chi connectivity index (χ4n) is 5.76. The van der Waals surface area contributed by atoms with E-state index in [1.165, 1.54) is 11.3 Å². The maximum atomic E-state index is 14.0. The van der Waals surface area contributed by atoms with Crippen molar-refractivity contribution in [2.24, 2.45) is 22.2 Å². The molecule has 2 bridgehead atoms. The number of nitrogens with zero attached hydrogens (tertiary/aromatic N) is 2. The molecule has 6 rings (SSSR count). The number of para-hydroxylation sites is 1. The summed E-state index contributed by atoms with van der Waals surface area (Å²) in [7, 11) is 0. The molecule has 3 aromatic carbocycles. The van der Waals surface area contributed by atoms with Crippen molar-refractivity contribution in [1.82, 2.24) is 20.9 Å². The summed E-state index contributed by atoms with van der Waals surface area (Å²) in [6, 6.07) is 20.1. The standard InChI is InChI=1S/C37H44N8O5S.4H2S/c38-26-21-24-15-17-25(18-16-24)50-20-7-6-12-29(43-35(49)30(44-33(26)47)22-23-9-2-1-3-10-23)34(48)42-28(13-8-19-41-37(39)40)32(46)36-45-27-11-4-5-14-31(27)51-36;;;;/h1-5,9-11,14-18,26,28-30H,6-8,12-13,19-22,38H2,(H,42,48)(H,43,49)(H,44,47)(H4,39,40,41);4*1H2/t26-,28-,29-,30-;;;;/m0..../s1. The number of nitrogens with two attached hydrogens (primary N) is 3. The van der Waals surface area contributed by atoms with Gasteiger partial charge in [0.15, 0.2) is 11.0 Å². The molecule has 18 heteroatoms. The van der Waals surface area contributed by atoms with Crippen LogP contribution in [0.15, 0.2) is 83.9 Å². The van der Waals surface area contributed by atoms with Crippen LogP contribution in [-0.2, 0) is 27.2 Å². The van der Waals surface area contributed by atoms with Crippen molar-refractivity contribution in [3.8, 4) is 5.75 Å². The number of benzene rings is 3. The van der Waals surface area contributed by atoms with Crippen molar-refractivity contribution < 1.29 is 23.9 Å². The molecule has 2 aliphatic heterocycles. The summed E-state index contributed by atoms with van der Waals surface area (Å²) >= 11 is 1.24. The Hall–Kier alpha value is -3.94. The molecular weight excluding hydrogens is 797 g/mol. The summed E-state index contributed by atoms with van der Waals surface area (Å²) in [5.74, 6) is -1.35. The minimum Gasteiger partial charge on any atom is -0.494 e. The van der Waals surface area contributed by atoms with E-state index in [9.17, 15) is 19.2 Å². The lowest BCUT2D eigenvalue weighted by Gasteiger charge is -2.26. The van der Waals surface area contributed by atoms with Gasteiger partial charge in [-0.3, -0.25) is 24.2 Å². The molecule has 2 aliphatic rings. The number of nitrogens with one attached hydrogen (secondary N) is 3. The Morgan fingerprint density at radius 3 is 2.29 bits per heavy atom. The zero-order chi connectivity index (χ0) is 36.2. The van der Waals surface area contributed by atoms with Crippen LogP contribution < -0.4 is 37.9 Å². The highest BCUT2D eigenvalue weighted by Crippen LogP contribution is 2.23. The van der Waals surface area contributed by atoms with Crippen LogP contribution in [0.2, 0.25) is 0 Å². The first kappa shape index (κ1) is 49.1. The lowest BCUT2D eigenvalue weighted by molar-refractivity contribution is -0.132. The average molecular weight is 849 g/mol. The number of Topliss-reactive ketones (excluding diaryl/α,β-unsaturated/α-hetero) is 1. The quantitative estimate of drug-likeness (QED) is 0.0598. The number of hydrogen-bond acceptors (Lipinski definition) is 9. The van der Waals surface area contributed by atoms with Gasteiger partial charge in [0.05, 0.1) is 28.9 Å². The molecule has 13 nitrogen and oxygen atoms in total. The molecule has 300 valence electrons. The van der Waals surface area contributed by atoms with Crippen molar-refractivity contribution in [3.63, 3.8) is 0 Å². The predicted molar refractivity (Wildman–Crippen MR) is 239 cm³/mol. The fraction of sp³-hybridized carbons (Fsp3) is 0.351. The number of ether oxygens (including phenoxy) is 1. The van der Waals surface area contributed by atoms with Gasteiger partial charge in [0.2, 0.25) is 23.5 Å². The zero-order valence-electron chi connectivity index (χ0n) is 30.3. The molecule has 4 aromatic rings. The van der Waals surface area contributed by atoms with Crippen molar-refractivity contribution in [2.75, 3.05) is 13.2 Å². The molecule has 0 aliphatic carbocycles. The van der Waals surface area contributed by atoms with Gasteiger partial charge in [0.1, 0.15) is 17.8 Å². The number of rotatable bonds is 10. The average Bonchev–Trinajstić information content (AvgIpc) is 3.57. The van der Waals surface area contributed by atoms with Gasteiger partial charge in [0, 0.05) is 13.0 Å². The van der Waals surface area contributed by atoms with E-state index in [1.807, 2.05) is 78.9 Å². The zero-order valence-corrected chi connectivity index (χ0v) is 35.1. The van der Waals surface area contributed by atoms with E-state index < -0.39 is 41.9 Å². The highest BCUT2D eigenvalue weighted by molar-refractivity contribution is 7.59. The normalized spacial score (nSPS) is 17.8. The van der Waals surface area contributed by atoms with Gasteiger partial charge in [-0.2, -0.15) is 54.0 Å². The molecule has 0 radical (unpaired) electrons. The third kappa shape index (κ3) is 14.9. The van der Waals surface area contributed by atoms with E-state index in [0.717, 1.165) is 15.8 Å². The van der Waals surface area contributed by atoms with Gasteiger partial charge < -0.3 is 37.9 Å². The summed E-state index contributed by atoms with van der Waals surface area (Å²) in [4.78, 5) is 63.7. The number of hydrogen-bond donors (Lipinski definition) is 6. The van der Waals surface area contributed by atoms with Gasteiger partial charge in [-0.25, -0.2) is 4.98 Å². The van der Waals surface area contributed by atoms with Crippen LogP contribution in [0.1, 0.15) is 53.0 Å². The lowest BCUT2D eigenvalue weighted by atomic mass is 10.0. The summed E-state index contributed by atoms with van der Waals surface area (Å²) in [6.45, 7) is 0.648. The molecule has 0 spiro atoms. The Bertz CT molecular complexity index is 1810. The van der Waals surface area contributed by atoms with Gasteiger partial charge in [-0.1, -0.05) is 54.6 Å². The molecule has 1 aromatic heterocycles. The second-order valence-corrected chi connectivity index (χ2v) is 13.5. The molecule has 3 heterocycles. The van der Waals surface area contributed by atoms with Crippen LogP contribution in [-0.4, -0.2) is 71.8 Å². The number of ketones is 1. The second-order valence-electron chi connectivity index (χ2n) is 12.5. The van der Waals surface area contributed by atoms with E-state index in [2.05, 4.69) is 25.9 Å². The topological polar surface area (TPSA) is 217 Å². The second kappa shape index (κ2) is 24.5. The Kier molecular flexibility index (Phi) is 21.9. The molecule has 3 amide bonds. The van der Waals surface area contributed by atoms with Gasteiger partial charge >= 0.3 is 0 Å². The van der Waals surface area contributed by atoms with Crippen LogP contribution in [0.4, 0.5) is 0 Å². The third-order valence-electron chi connectivity index (χ3n) is 8.50. The van der Waals surface area contributed by atoms with Crippen LogP contribution >= 0.6 is 65.3 Å². The maximum Gasteiger partial charge on any atom is 0.243 e. The first-order chi connectivity index (χ1) is 24.7. The summed E-state index contributed by atoms with van der Waals surface area (Å²) in [5, 5.41) is 8.84. The molecule has 4 atom stereocenters. The van der Waals surface area contributed by atoms with Gasteiger partial charge in [0.25, 0.3) is 0 Å². The Balaban J connectivity index is 0.00000378. The van der Waals surface area contributed by atoms with Crippen LogP contribution in [0.3, 0.4) is 0 Å². The Labute approximate surface area is 353 Å². The van der Waals surface area contributed by atoms with Crippen molar-refractivity contribution >= 4 is 105 Å². The number of amides is 3. The minimum atomic E-state index is -1.03. The molecule has 0 saturated heterocycles. The molecular formula is C37H52N8O5S5. The van der Waals surface area contributed by atoms with Crippen molar-refractivity contribution in [2.45, 2.75) is 69.1 Å². The van der Waals surface area contributed by atoms with E-state index in [1.54, 1.807) is 0 Å². The lowest BCUT2D eigenvalue weighted by Crippen LogP contribution is -2.57. The largest absolute Gasteiger partial charge is 0.494 e. The summed E-state index contributed by atoms with van der Waals surface area (Å²) in [5.41, 5.74) is 19.6. The maximum absolute atomic E-state index is 14.0. The van der Waals surface area contributed by atoms with E-state index in [4.69, 9.17) is 21.9 Å². The first-order valence-corrected chi connectivity index (χ1v) is 17.9. The number of guanidine groups is 1. The Morgan fingerprint density at radius 1 is 0.909 bits per heavy atom. The van der Waals surface area contributed by atoms with Gasteiger partial charge in [-0.05, 0) is 73.9 Å². The third-order valence-corrected chi connectivity index (χ3v) is 9.55. The van der Waals surface area contributed by atoms with Gasteiger partial charge in [-0.15, -0.1) is 11.3 Å². The monoisotopic (exact) mass is 848 g/mol. The van der Waals surface area contributed by atoms with Crippen molar-refractivity contribution in [3.05, 3.63) is 95.0 Å². The molecule has 9 N–H and O–H groups in total. The molecule has 0 fully saturated rings. The van der Waals surface area contributed by atoms with Crippen LogP contribution in [0.5, 0.6) is 5.75 Å². The molecule has 55 heavy (non-hydrogen) atoms. The summed E-state index contributed by atoms with van der Waals surface area (Å²) < 4.78 is 6.74. The SMILES string of the molecule is NC(N)=NCCC[C@H](NC(=O)[C@@H]1CCCCOc2ccc(cc2)C[C@H](N)C(=O)N[C@@H](Cc2ccccc2)C(=O)N1)C(=O)c1nc2ccccc2s1.S.S.S.S. The highest BCUT2D eigenvalue weighted by atomic mass is 32.1. The Morgan fingerprint density at radius 2 is 1.60 bits per heavy atom. The van der Waals surface area contributed by atoms with E-state index >= 15 is 0 Å². The number of aromatic nitrogens is 1. The minimum absolute atomic E-state index is 0.